The monoisotopic (exact) mass is 360 g/mol. The summed E-state index contributed by atoms with van der Waals surface area (Å²) in [4.78, 5) is 2.68. The van der Waals surface area contributed by atoms with Gasteiger partial charge in [0.05, 0.1) is 0 Å². The zero-order chi connectivity index (χ0) is 13.8. The first-order valence-corrected chi connectivity index (χ1v) is 8.69. The maximum Gasteiger partial charge on any atom is 0.0363 e. The van der Waals surface area contributed by atoms with E-state index in [4.69, 9.17) is 0 Å². The van der Waals surface area contributed by atoms with Gasteiger partial charge in [-0.15, -0.1) is 36.2 Å². The molecule has 3 rings (SSSR count). The van der Waals surface area contributed by atoms with Crippen molar-refractivity contribution in [3.8, 4) is 0 Å². The molecule has 1 atom stereocenters. The van der Waals surface area contributed by atoms with Gasteiger partial charge in [0.15, 0.2) is 0 Å². The van der Waals surface area contributed by atoms with Crippen molar-refractivity contribution < 1.29 is 0 Å². The fraction of sp³-hybridized carbons (Fsp3) is 0.529. The molecule has 1 N–H and O–H groups in total. The number of thiophene rings is 1. The first-order chi connectivity index (χ1) is 9.90. The van der Waals surface area contributed by atoms with Gasteiger partial charge in [0.25, 0.3) is 0 Å². The molecule has 1 saturated heterocycles. The average molecular weight is 361 g/mol. The lowest BCUT2D eigenvalue weighted by Gasteiger charge is -2.35. The number of fused-ring (bicyclic) bond motifs is 1. The van der Waals surface area contributed by atoms with Gasteiger partial charge in [-0.3, -0.25) is 4.90 Å². The van der Waals surface area contributed by atoms with E-state index in [2.05, 4.69) is 46.8 Å². The number of benzene rings is 1. The van der Waals surface area contributed by atoms with Crippen LogP contribution in [0.5, 0.6) is 0 Å². The van der Waals surface area contributed by atoms with Crippen LogP contribution in [0.2, 0.25) is 0 Å². The molecule has 1 aliphatic heterocycles. The lowest BCUT2D eigenvalue weighted by atomic mass is 9.98. The molecule has 0 saturated carbocycles. The minimum absolute atomic E-state index is 0. The van der Waals surface area contributed by atoms with E-state index in [0.717, 1.165) is 13.1 Å². The number of hydrogen-bond acceptors (Lipinski definition) is 3. The minimum Gasteiger partial charge on any atom is -0.314 e. The van der Waals surface area contributed by atoms with Crippen LogP contribution in [-0.2, 0) is 0 Å². The number of halogens is 2. The number of hydrogen-bond donors (Lipinski definition) is 1. The first kappa shape index (κ1) is 19.7. The molecule has 2 heterocycles. The van der Waals surface area contributed by atoms with Crippen LogP contribution in [0.25, 0.3) is 10.1 Å². The van der Waals surface area contributed by atoms with Gasteiger partial charge in [-0.2, -0.15) is 0 Å². The Balaban J connectivity index is 0.00000121. The number of nitrogens with one attached hydrogen (secondary N) is 1. The molecule has 0 amide bonds. The number of piperazine rings is 1. The molecule has 1 aromatic carbocycles. The highest BCUT2D eigenvalue weighted by molar-refractivity contribution is 7.17. The van der Waals surface area contributed by atoms with Crippen LogP contribution in [0.1, 0.15) is 37.8 Å². The van der Waals surface area contributed by atoms with Crippen LogP contribution in [0.15, 0.2) is 29.6 Å². The van der Waals surface area contributed by atoms with Crippen LogP contribution >= 0.6 is 36.2 Å². The predicted molar refractivity (Wildman–Crippen MR) is 103 cm³/mol. The highest BCUT2D eigenvalue weighted by atomic mass is 35.5. The zero-order valence-corrected chi connectivity index (χ0v) is 15.5. The summed E-state index contributed by atoms with van der Waals surface area (Å²) < 4.78 is 1.43. The molecular formula is C17H26Cl2N2S. The second-order valence-corrected chi connectivity index (χ2v) is 6.54. The molecule has 0 spiro atoms. The third-order valence-electron chi connectivity index (χ3n) is 4.29. The molecule has 1 aromatic heterocycles. The topological polar surface area (TPSA) is 15.3 Å². The summed E-state index contributed by atoms with van der Waals surface area (Å²) in [5, 5.41) is 7.33. The number of nitrogens with zero attached hydrogens (tertiary/aromatic N) is 1. The summed E-state index contributed by atoms with van der Waals surface area (Å²) in [6.07, 6.45) is 3.89. The van der Waals surface area contributed by atoms with Gasteiger partial charge < -0.3 is 5.32 Å². The second kappa shape index (κ2) is 9.74. The Kier molecular flexibility index (Phi) is 8.73. The smallest absolute Gasteiger partial charge is 0.0363 e. The summed E-state index contributed by atoms with van der Waals surface area (Å²) in [7, 11) is 0. The van der Waals surface area contributed by atoms with Crippen molar-refractivity contribution in [3.63, 3.8) is 0 Å². The van der Waals surface area contributed by atoms with Gasteiger partial charge in [-0.1, -0.05) is 38.0 Å². The average Bonchev–Trinajstić information content (AvgIpc) is 2.93. The van der Waals surface area contributed by atoms with Crippen molar-refractivity contribution in [2.24, 2.45) is 0 Å². The normalized spacial score (nSPS) is 16.8. The van der Waals surface area contributed by atoms with E-state index in [-0.39, 0.29) is 24.8 Å². The number of unbranched alkanes of at least 4 members (excludes halogenated alkanes) is 1. The Morgan fingerprint density at radius 1 is 1.18 bits per heavy atom. The van der Waals surface area contributed by atoms with Gasteiger partial charge >= 0.3 is 0 Å². The predicted octanol–water partition coefficient (Wildman–Crippen LogP) is 4.88. The van der Waals surface area contributed by atoms with Crippen molar-refractivity contribution in [1.29, 1.82) is 0 Å². The standard InChI is InChI=1S/C17H24N2S.2ClH/c1-2-3-7-16(19-11-9-18-10-12-19)15-13-20-17-8-5-4-6-14(15)17;;/h4-6,8,13,16,18H,2-3,7,9-12H2,1H3;2*1H/t16-;;/m0../s1. The van der Waals surface area contributed by atoms with Crippen molar-refractivity contribution in [3.05, 3.63) is 35.2 Å². The molecule has 22 heavy (non-hydrogen) atoms. The molecule has 0 unspecified atom stereocenters. The van der Waals surface area contributed by atoms with Crippen molar-refractivity contribution >= 4 is 46.2 Å². The van der Waals surface area contributed by atoms with Gasteiger partial charge in [-0.05, 0) is 28.8 Å². The molecule has 0 radical (unpaired) electrons. The molecule has 2 aromatic rings. The van der Waals surface area contributed by atoms with Gasteiger partial charge in [0, 0.05) is 36.9 Å². The molecule has 0 bridgehead atoms. The van der Waals surface area contributed by atoms with Crippen molar-refractivity contribution in [2.45, 2.75) is 32.2 Å². The molecule has 1 aliphatic rings. The Morgan fingerprint density at radius 2 is 1.91 bits per heavy atom. The lowest BCUT2D eigenvalue weighted by molar-refractivity contribution is 0.164. The van der Waals surface area contributed by atoms with E-state index in [1.54, 1.807) is 5.56 Å². The SMILES string of the molecule is CCCC[C@@H](c1csc2ccccc12)N1CCNCC1.Cl.Cl. The van der Waals surface area contributed by atoms with Crippen LogP contribution in [0, 0.1) is 0 Å². The Bertz CT molecular complexity index is 552. The second-order valence-electron chi connectivity index (χ2n) is 5.63. The molecule has 5 heteroatoms. The molecular weight excluding hydrogens is 335 g/mol. The highest BCUT2D eigenvalue weighted by Crippen LogP contribution is 2.35. The molecule has 124 valence electrons. The van der Waals surface area contributed by atoms with E-state index >= 15 is 0 Å². The molecule has 2 nitrogen and oxygen atoms in total. The summed E-state index contributed by atoms with van der Waals surface area (Å²) >= 11 is 1.90. The fourth-order valence-electron chi connectivity index (χ4n) is 3.18. The summed E-state index contributed by atoms with van der Waals surface area (Å²) in [5.41, 5.74) is 1.56. The summed E-state index contributed by atoms with van der Waals surface area (Å²) in [5.74, 6) is 0. The van der Waals surface area contributed by atoms with Gasteiger partial charge in [0.1, 0.15) is 0 Å². The van der Waals surface area contributed by atoms with E-state index in [1.165, 1.54) is 42.4 Å². The highest BCUT2D eigenvalue weighted by Gasteiger charge is 2.23. The lowest BCUT2D eigenvalue weighted by Crippen LogP contribution is -2.45. The van der Waals surface area contributed by atoms with Crippen molar-refractivity contribution in [1.82, 2.24) is 10.2 Å². The largest absolute Gasteiger partial charge is 0.314 e. The van der Waals surface area contributed by atoms with Crippen LogP contribution in [-0.4, -0.2) is 31.1 Å². The van der Waals surface area contributed by atoms with E-state index in [1.807, 2.05) is 11.3 Å². The molecule has 0 aliphatic carbocycles. The zero-order valence-electron chi connectivity index (χ0n) is 13.1. The van der Waals surface area contributed by atoms with Crippen LogP contribution in [0.4, 0.5) is 0 Å². The summed E-state index contributed by atoms with van der Waals surface area (Å²) in [6.45, 7) is 6.91. The first-order valence-electron chi connectivity index (χ1n) is 7.81. The Hall–Kier alpha value is -0.320. The Morgan fingerprint density at radius 3 is 2.64 bits per heavy atom. The number of rotatable bonds is 5. The van der Waals surface area contributed by atoms with Crippen LogP contribution in [0.3, 0.4) is 0 Å². The van der Waals surface area contributed by atoms with Crippen molar-refractivity contribution in [2.75, 3.05) is 26.2 Å². The van der Waals surface area contributed by atoms with E-state index in [9.17, 15) is 0 Å². The quantitative estimate of drug-likeness (QED) is 0.816. The molecule has 1 fully saturated rings. The van der Waals surface area contributed by atoms with E-state index in [0.29, 0.717) is 6.04 Å². The fourth-order valence-corrected chi connectivity index (χ4v) is 4.19. The maximum atomic E-state index is 3.47. The Labute approximate surface area is 150 Å². The van der Waals surface area contributed by atoms with Gasteiger partial charge in [-0.25, -0.2) is 0 Å². The maximum absolute atomic E-state index is 3.47. The van der Waals surface area contributed by atoms with E-state index < -0.39 is 0 Å². The summed E-state index contributed by atoms with van der Waals surface area (Å²) in [6, 6.07) is 9.47. The van der Waals surface area contributed by atoms with Crippen LogP contribution < -0.4 is 5.32 Å². The minimum atomic E-state index is 0. The third-order valence-corrected chi connectivity index (χ3v) is 5.28. The third kappa shape index (κ3) is 4.36. The van der Waals surface area contributed by atoms with Gasteiger partial charge in [0.2, 0.25) is 0 Å².